The number of piperidine rings is 1. The van der Waals surface area contributed by atoms with E-state index in [0.717, 1.165) is 89.5 Å². The molecular formula is C20H31N5O3. The molecule has 154 valence electrons. The highest BCUT2D eigenvalue weighted by Gasteiger charge is 2.34. The van der Waals surface area contributed by atoms with E-state index in [9.17, 15) is 9.59 Å². The molecular weight excluding hydrogens is 358 g/mol. The number of aromatic nitrogens is 1. The lowest BCUT2D eigenvalue weighted by molar-refractivity contribution is -0.138. The Bertz CT molecular complexity index is 692. The lowest BCUT2D eigenvalue weighted by atomic mass is 9.96. The number of carbonyl (C=O) groups excluding carboxylic acids is 2. The Morgan fingerprint density at radius 2 is 1.71 bits per heavy atom. The summed E-state index contributed by atoms with van der Waals surface area (Å²) >= 11 is 0. The molecule has 1 aromatic rings. The summed E-state index contributed by atoms with van der Waals surface area (Å²) in [7, 11) is 0. The molecule has 0 saturated carbocycles. The second-order valence-corrected chi connectivity index (χ2v) is 8.30. The summed E-state index contributed by atoms with van der Waals surface area (Å²) in [5, 5.41) is 3.93. The first-order valence-electron chi connectivity index (χ1n) is 10.6. The smallest absolute Gasteiger partial charge is 0.320 e. The Kier molecular flexibility index (Phi) is 5.85. The van der Waals surface area contributed by atoms with Crippen molar-refractivity contribution < 1.29 is 14.1 Å². The number of piperazine rings is 1. The van der Waals surface area contributed by atoms with Crippen molar-refractivity contribution in [1.29, 1.82) is 0 Å². The van der Waals surface area contributed by atoms with Crippen LogP contribution in [-0.2, 0) is 11.3 Å². The van der Waals surface area contributed by atoms with Crippen LogP contribution in [0.3, 0.4) is 0 Å². The van der Waals surface area contributed by atoms with Crippen molar-refractivity contribution in [2.75, 3.05) is 52.4 Å². The van der Waals surface area contributed by atoms with Gasteiger partial charge in [0.05, 0.1) is 18.2 Å². The minimum absolute atomic E-state index is 0.0521. The molecule has 3 saturated heterocycles. The molecule has 0 aromatic carbocycles. The third-order valence-electron chi connectivity index (χ3n) is 6.16. The molecule has 28 heavy (non-hydrogen) atoms. The molecule has 1 atom stereocenters. The van der Waals surface area contributed by atoms with Crippen molar-refractivity contribution in [2.24, 2.45) is 5.92 Å². The van der Waals surface area contributed by atoms with Crippen molar-refractivity contribution in [3.63, 3.8) is 0 Å². The predicted molar refractivity (Wildman–Crippen MR) is 104 cm³/mol. The average molecular weight is 390 g/mol. The highest BCUT2D eigenvalue weighted by molar-refractivity contribution is 5.81. The van der Waals surface area contributed by atoms with E-state index in [1.807, 2.05) is 27.7 Å². The maximum Gasteiger partial charge on any atom is 0.320 e. The van der Waals surface area contributed by atoms with Crippen LogP contribution in [0, 0.1) is 12.8 Å². The predicted octanol–water partition coefficient (Wildman–Crippen LogP) is 1.56. The molecule has 3 aliphatic rings. The Hall–Kier alpha value is -2.09. The molecule has 0 unspecified atom stereocenters. The van der Waals surface area contributed by atoms with Crippen LogP contribution in [0.15, 0.2) is 10.6 Å². The molecule has 1 aromatic heterocycles. The molecule has 0 spiro atoms. The molecule has 0 radical (unpaired) electrons. The van der Waals surface area contributed by atoms with Gasteiger partial charge in [-0.1, -0.05) is 5.16 Å². The summed E-state index contributed by atoms with van der Waals surface area (Å²) in [6, 6.07) is 2.09. The minimum atomic E-state index is -0.0521. The number of likely N-dealkylation sites (tertiary alicyclic amines) is 2. The Balaban J connectivity index is 1.26. The Labute approximate surface area is 166 Å². The zero-order valence-electron chi connectivity index (χ0n) is 16.8. The monoisotopic (exact) mass is 389 g/mol. The topological polar surface area (TPSA) is 73.1 Å². The number of amides is 3. The van der Waals surface area contributed by atoms with E-state index in [1.165, 1.54) is 0 Å². The summed E-state index contributed by atoms with van der Waals surface area (Å²) in [6.45, 7) is 8.90. The number of nitrogens with zero attached hydrogens (tertiary/aromatic N) is 5. The third-order valence-corrected chi connectivity index (χ3v) is 6.16. The number of aryl methyl sites for hydroxylation is 1. The van der Waals surface area contributed by atoms with Gasteiger partial charge in [-0.3, -0.25) is 9.69 Å². The second kappa shape index (κ2) is 8.51. The first kappa shape index (κ1) is 19.2. The highest BCUT2D eigenvalue weighted by Crippen LogP contribution is 2.22. The maximum absolute atomic E-state index is 13.0. The molecule has 0 N–H and O–H groups in total. The van der Waals surface area contributed by atoms with Gasteiger partial charge in [-0.15, -0.1) is 0 Å². The van der Waals surface area contributed by atoms with Crippen LogP contribution in [0.25, 0.3) is 0 Å². The molecule has 0 bridgehead atoms. The first-order chi connectivity index (χ1) is 13.6. The third kappa shape index (κ3) is 4.32. The normalized spacial score (nSPS) is 24.0. The van der Waals surface area contributed by atoms with E-state index < -0.39 is 0 Å². The number of urea groups is 1. The van der Waals surface area contributed by atoms with E-state index in [0.29, 0.717) is 6.54 Å². The molecule has 3 fully saturated rings. The van der Waals surface area contributed by atoms with Gasteiger partial charge in [-0.05, 0) is 32.6 Å². The summed E-state index contributed by atoms with van der Waals surface area (Å²) in [5.74, 6) is 1.04. The van der Waals surface area contributed by atoms with Crippen molar-refractivity contribution >= 4 is 11.9 Å². The molecule has 0 aliphatic carbocycles. The van der Waals surface area contributed by atoms with E-state index in [2.05, 4.69) is 10.1 Å². The number of hydrogen-bond acceptors (Lipinski definition) is 5. The van der Waals surface area contributed by atoms with Crippen molar-refractivity contribution in [3.05, 3.63) is 17.5 Å². The van der Waals surface area contributed by atoms with Gasteiger partial charge in [0.15, 0.2) is 5.76 Å². The van der Waals surface area contributed by atoms with E-state index in [4.69, 9.17) is 4.52 Å². The van der Waals surface area contributed by atoms with Crippen LogP contribution >= 0.6 is 0 Å². The van der Waals surface area contributed by atoms with Crippen LogP contribution in [0.5, 0.6) is 0 Å². The fourth-order valence-electron chi connectivity index (χ4n) is 4.56. The van der Waals surface area contributed by atoms with Crippen LogP contribution in [0.1, 0.15) is 37.1 Å². The first-order valence-corrected chi connectivity index (χ1v) is 10.6. The quantitative estimate of drug-likeness (QED) is 0.784. The van der Waals surface area contributed by atoms with Gasteiger partial charge in [-0.2, -0.15) is 0 Å². The van der Waals surface area contributed by atoms with Crippen LogP contribution < -0.4 is 0 Å². The zero-order valence-corrected chi connectivity index (χ0v) is 16.8. The largest absolute Gasteiger partial charge is 0.360 e. The van der Waals surface area contributed by atoms with Crippen LogP contribution in [0.4, 0.5) is 4.79 Å². The molecule has 8 nitrogen and oxygen atoms in total. The molecule has 4 rings (SSSR count). The van der Waals surface area contributed by atoms with Gasteiger partial charge < -0.3 is 19.2 Å². The van der Waals surface area contributed by atoms with Gasteiger partial charge in [0.1, 0.15) is 0 Å². The van der Waals surface area contributed by atoms with E-state index in [-0.39, 0.29) is 17.9 Å². The van der Waals surface area contributed by atoms with Crippen molar-refractivity contribution in [2.45, 2.75) is 39.2 Å². The summed E-state index contributed by atoms with van der Waals surface area (Å²) in [4.78, 5) is 33.8. The van der Waals surface area contributed by atoms with Gasteiger partial charge in [0, 0.05) is 58.4 Å². The Morgan fingerprint density at radius 1 is 1.00 bits per heavy atom. The maximum atomic E-state index is 13.0. The summed E-state index contributed by atoms with van der Waals surface area (Å²) in [5.41, 5.74) is 0.897. The molecule has 4 heterocycles. The number of carbonyl (C=O) groups is 2. The highest BCUT2D eigenvalue weighted by atomic mass is 16.5. The lowest BCUT2D eigenvalue weighted by Gasteiger charge is -2.39. The standard InChI is InChI=1S/C20H31N5O3/c1-16-13-18(28-21-16)15-22-9-11-23(12-10-22)19(26)17-5-4-8-25(14-17)20(27)24-6-2-3-7-24/h13,17H,2-12,14-15H2,1H3/t17-/m1/s1. The van der Waals surface area contributed by atoms with E-state index >= 15 is 0 Å². The number of rotatable bonds is 3. The summed E-state index contributed by atoms with van der Waals surface area (Å²) in [6.07, 6.45) is 4.00. The lowest BCUT2D eigenvalue weighted by Crippen LogP contribution is -2.54. The van der Waals surface area contributed by atoms with Gasteiger partial charge >= 0.3 is 6.03 Å². The molecule has 8 heteroatoms. The summed E-state index contributed by atoms with van der Waals surface area (Å²) < 4.78 is 5.30. The SMILES string of the molecule is Cc1cc(CN2CCN(C(=O)[C@@H]3CCCN(C(=O)N4CCCC4)C3)CC2)on1. The van der Waals surface area contributed by atoms with Crippen LogP contribution in [-0.4, -0.2) is 89.1 Å². The van der Waals surface area contributed by atoms with Gasteiger partial charge in [-0.25, -0.2) is 4.79 Å². The minimum Gasteiger partial charge on any atom is -0.360 e. The second-order valence-electron chi connectivity index (χ2n) is 8.30. The average Bonchev–Trinajstić information content (AvgIpc) is 3.40. The zero-order chi connectivity index (χ0) is 19.5. The fourth-order valence-corrected chi connectivity index (χ4v) is 4.56. The van der Waals surface area contributed by atoms with Gasteiger partial charge in [0.2, 0.25) is 5.91 Å². The number of hydrogen-bond donors (Lipinski definition) is 0. The van der Waals surface area contributed by atoms with Crippen molar-refractivity contribution in [1.82, 2.24) is 24.8 Å². The van der Waals surface area contributed by atoms with Crippen LogP contribution in [0.2, 0.25) is 0 Å². The fraction of sp³-hybridized carbons (Fsp3) is 0.750. The van der Waals surface area contributed by atoms with Gasteiger partial charge in [0.25, 0.3) is 0 Å². The van der Waals surface area contributed by atoms with Crippen molar-refractivity contribution in [3.8, 4) is 0 Å². The Morgan fingerprint density at radius 3 is 2.39 bits per heavy atom. The molecule has 3 aliphatic heterocycles. The molecule has 3 amide bonds. The van der Waals surface area contributed by atoms with E-state index in [1.54, 1.807) is 0 Å².